The molecule has 0 aliphatic carbocycles. The second-order valence-corrected chi connectivity index (χ2v) is 5.89. The molecule has 1 heterocycles. The van der Waals surface area contributed by atoms with Crippen molar-refractivity contribution in [2.24, 2.45) is 5.41 Å². The van der Waals surface area contributed by atoms with Crippen molar-refractivity contribution in [3.8, 4) is 0 Å². The average molecular weight is 284 g/mol. The lowest BCUT2D eigenvalue weighted by Crippen LogP contribution is -2.37. The third-order valence-electron chi connectivity index (χ3n) is 3.67. The van der Waals surface area contributed by atoms with Gasteiger partial charge < -0.3 is 9.47 Å². The smallest absolute Gasteiger partial charge is 0.154 e. The van der Waals surface area contributed by atoms with Crippen molar-refractivity contribution < 1.29 is 9.47 Å². The van der Waals surface area contributed by atoms with Crippen LogP contribution in [0.4, 0.5) is 0 Å². The molecule has 112 valence electrons. The molecular weight excluding hydrogens is 260 g/mol. The van der Waals surface area contributed by atoms with Crippen molar-refractivity contribution in [1.82, 2.24) is 0 Å². The highest BCUT2D eigenvalue weighted by molar-refractivity contribution is 5.74. The van der Waals surface area contributed by atoms with Crippen LogP contribution in [0.1, 0.15) is 25.0 Å². The number of hydrogen-bond acceptors (Lipinski definition) is 2. The predicted molar refractivity (Wildman–Crippen MR) is 88.0 cm³/mol. The number of ether oxygens (including phenoxy) is 2. The summed E-state index contributed by atoms with van der Waals surface area (Å²) in [6.07, 6.45) is 8.09. The molecule has 1 aliphatic heterocycles. The van der Waals surface area contributed by atoms with Crippen LogP contribution < -0.4 is 0 Å². The summed E-state index contributed by atoms with van der Waals surface area (Å²) < 4.78 is 11.1. The van der Waals surface area contributed by atoms with Crippen LogP contribution in [0, 0.1) is 12.3 Å². The van der Waals surface area contributed by atoms with E-state index in [1.807, 2.05) is 13.0 Å². The quantitative estimate of drug-likeness (QED) is 0.757. The fraction of sp³-hybridized carbons (Fsp3) is 0.368. The lowest BCUT2D eigenvalue weighted by Gasteiger charge is -2.33. The highest BCUT2D eigenvalue weighted by Gasteiger charge is 2.28. The summed E-state index contributed by atoms with van der Waals surface area (Å²) in [4.78, 5) is 0. The van der Waals surface area contributed by atoms with Gasteiger partial charge in [-0.3, -0.25) is 0 Å². The van der Waals surface area contributed by atoms with Crippen LogP contribution in [-0.2, 0) is 9.47 Å². The van der Waals surface area contributed by atoms with Crippen molar-refractivity contribution in [2.45, 2.75) is 27.1 Å². The van der Waals surface area contributed by atoms with Gasteiger partial charge in [-0.2, -0.15) is 0 Å². The Labute approximate surface area is 127 Å². The molecule has 1 aliphatic rings. The number of rotatable bonds is 4. The number of allylic oxidation sites excluding steroid dienone is 4. The number of aryl methyl sites for hydroxylation is 1. The molecule has 2 nitrogen and oxygen atoms in total. The van der Waals surface area contributed by atoms with Gasteiger partial charge in [0.25, 0.3) is 0 Å². The maximum Gasteiger partial charge on any atom is 0.154 e. The van der Waals surface area contributed by atoms with Crippen molar-refractivity contribution in [2.75, 3.05) is 13.2 Å². The molecule has 1 aromatic rings. The molecule has 1 fully saturated rings. The summed E-state index contributed by atoms with van der Waals surface area (Å²) in [5.74, 6) is 0. The topological polar surface area (TPSA) is 18.5 Å². The Morgan fingerprint density at radius 3 is 2.43 bits per heavy atom. The third-order valence-corrected chi connectivity index (χ3v) is 3.67. The van der Waals surface area contributed by atoms with Crippen LogP contribution in [-0.4, -0.2) is 19.5 Å². The Kier molecular flexibility index (Phi) is 5.16. The predicted octanol–water partition coefficient (Wildman–Crippen LogP) is 4.52. The first kappa shape index (κ1) is 15.7. The van der Waals surface area contributed by atoms with E-state index < -0.39 is 0 Å². The molecule has 2 heteroatoms. The first-order valence-electron chi connectivity index (χ1n) is 7.35. The molecule has 0 atom stereocenters. The molecular formula is C19H24O2. The van der Waals surface area contributed by atoms with E-state index in [-0.39, 0.29) is 11.7 Å². The summed E-state index contributed by atoms with van der Waals surface area (Å²) in [5, 5.41) is 0. The summed E-state index contributed by atoms with van der Waals surface area (Å²) in [6.45, 7) is 11.4. The minimum absolute atomic E-state index is 0.0669. The van der Waals surface area contributed by atoms with Crippen LogP contribution in [0.3, 0.4) is 0 Å². The van der Waals surface area contributed by atoms with Gasteiger partial charge in [-0.1, -0.05) is 67.6 Å². The molecule has 0 bridgehead atoms. The van der Waals surface area contributed by atoms with Crippen LogP contribution in [0.2, 0.25) is 0 Å². The average Bonchev–Trinajstić information content (AvgIpc) is 2.48. The minimum atomic E-state index is -0.0988. The molecule has 0 unspecified atom stereocenters. The van der Waals surface area contributed by atoms with E-state index in [1.165, 1.54) is 11.1 Å². The molecule has 21 heavy (non-hydrogen) atoms. The van der Waals surface area contributed by atoms with E-state index in [1.54, 1.807) is 0 Å². The van der Waals surface area contributed by atoms with Crippen molar-refractivity contribution >= 4 is 5.57 Å². The molecule has 0 saturated carbocycles. The second-order valence-electron chi connectivity index (χ2n) is 5.89. The first-order chi connectivity index (χ1) is 10.0. The zero-order chi connectivity index (χ0) is 15.3. The van der Waals surface area contributed by atoms with Crippen LogP contribution in [0.25, 0.3) is 5.57 Å². The maximum absolute atomic E-state index is 5.56. The highest BCUT2D eigenvalue weighted by Crippen LogP contribution is 2.26. The SMILES string of the molecule is C=C/C(=C\C=C\C1(C)COC(C)OC1)c1ccc(C)cc1. The fourth-order valence-corrected chi connectivity index (χ4v) is 2.21. The van der Waals surface area contributed by atoms with Crippen molar-refractivity contribution in [3.05, 3.63) is 66.3 Å². The zero-order valence-electron chi connectivity index (χ0n) is 13.1. The Hall–Kier alpha value is -1.64. The van der Waals surface area contributed by atoms with E-state index in [2.05, 4.69) is 62.9 Å². The summed E-state index contributed by atoms with van der Waals surface area (Å²) in [7, 11) is 0. The summed E-state index contributed by atoms with van der Waals surface area (Å²) >= 11 is 0. The normalized spacial score (nSPS) is 27.0. The van der Waals surface area contributed by atoms with Gasteiger partial charge in [-0.15, -0.1) is 0 Å². The largest absolute Gasteiger partial charge is 0.352 e. The second kappa shape index (κ2) is 6.88. The van der Waals surface area contributed by atoms with Crippen LogP contribution >= 0.6 is 0 Å². The van der Waals surface area contributed by atoms with Gasteiger partial charge in [0.15, 0.2) is 6.29 Å². The summed E-state index contributed by atoms with van der Waals surface area (Å²) in [5.41, 5.74) is 3.48. The molecule has 0 N–H and O–H groups in total. The standard InChI is InChI=1S/C19H24O2/c1-5-17(18-10-8-15(2)9-11-18)7-6-12-19(4)13-20-16(3)21-14-19/h5-12,16H,1,13-14H2,2-4H3/b12-6+,17-7+. The molecule has 0 aromatic heterocycles. The van der Waals surface area contributed by atoms with E-state index >= 15 is 0 Å². The van der Waals surface area contributed by atoms with Crippen LogP contribution in [0.15, 0.2) is 55.1 Å². The van der Waals surface area contributed by atoms with E-state index in [0.29, 0.717) is 13.2 Å². The van der Waals surface area contributed by atoms with E-state index in [4.69, 9.17) is 9.47 Å². The summed E-state index contributed by atoms with van der Waals surface area (Å²) in [6, 6.07) is 8.46. The Morgan fingerprint density at radius 2 is 1.86 bits per heavy atom. The number of hydrogen-bond donors (Lipinski definition) is 0. The van der Waals surface area contributed by atoms with Gasteiger partial charge in [-0.25, -0.2) is 0 Å². The monoisotopic (exact) mass is 284 g/mol. The minimum Gasteiger partial charge on any atom is -0.352 e. The third kappa shape index (κ3) is 4.42. The van der Waals surface area contributed by atoms with Gasteiger partial charge >= 0.3 is 0 Å². The molecule has 0 radical (unpaired) electrons. The highest BCUT2D eigenvalue weighted by atomic mass is 16.7. The molecule has 2 rings (SSSR count). The lowest BCUT2D eigenvalue weighted by atomic mass is 9.91. The molecule has 1 saturated heterocycles. The number of benzene rings is 1. The maximum atomic E-state index is 5.56. The van der Waals surface area contributed by atoms with Gasteiger partial charge in [0.2, 0.25) is 0 Å². The van der Waals surface area contributed by atoms with Crippen molar-refractivity contribution in [1.29, 1.82) is 0 Å². The zero-order valence-corrected chi connectivity index (χ0v) is 13.1. The Bertz CT molecular complexity index is 529. The first-order valence-corrected chi connectivity index (χ1v) is 7.35. The van der Waals surface area contributed by atoms with Crippen LogP contribution in [0.5, 0.6) is 0 Å². The molecule has 0 amide bonds. The van der Waals surface area contributed by atoms with E-state index in [0.717, 1.165) is 5.57 Å². The van der Waals surface area contributed by atoms with E-state index in [9.17, 15) is 0 Å². The van der Waals surface area contributed by atoms with Gasteiger partial charge in [0, 0.05) is 5.41 Å². The molecule has 0 spiro atoms. The fourth-order valence-electron chi connectivity index (χ4n) is 2.21. The molecule has 1 aromatic carbocycles. The Morgan fingerprint density at radius 1 is 1.24 bits per heavy atom. The van der Waals surface area contributed by atoms with Gasteiger partial charge in [0.05, 0.1) is 13.2 Å². The Balaban J connectivity index is 2.08. The lowest BCUT2D eigenvalue weighted by molar-refractivity contribution is -0.205. The van der Waals surface area contributed by atoms with Gasteiger partial charge in [0.1, 0.15) is 0 Å². The van der Waals surface area contributed by atoms with Crippen molar-refractivity contribution in [3.63, 3.8) is 0 Å². The van der Waals surface area contributed by atoms with Gasteiger partial charge in [-0.05, 0) is 25.0 Å².